The number of nitrogens with two attached hydrogens (primary N) is 1. The first-order valence-corrected chi connectivity index (χ1v) is 8.23. The summed E-state index contributed by atoms with van der Waals surface area (Å²) in [5.41, 5.74) is 9.95. The highest BCUT2D eigenvalue weighted by Crippen LogP contribution is 2.32. The van der Waals surface area contributed by atoms with Crippen LogP contribution >= 0.6 is 11.5 Å². The zero-order valence-electron chi connectivity index (χ0n) is 13.6. The second kappa shape index (κ2) is 6.24. The molecule has 2 N–H and O–H groups in total. The van der Waals surface area contributed by atoms with Gasteiger partial charge in [-0.1, -0.05) is 63.4 Å². The van der Waals surface area contributed by atoms with Crippen LogP contribution in [-0.4, -0.2) is 9.59 Å². The lowest BCUT2D eigenvalue weighted by Crippen LogP contribution is -2.19. The van der Waals surface area contributed by atoms with Crippen molar-refractivity contribution < 1.29 is 0 Å². The van der Waals surface area contributed by atoms with Crippen molar-refractivity contribution in [3.8, 4) is 0 Å². The zero-order valence-corrected chi connectivity index (χ0v) is 14.4. The molecule has 4 heteroatoms. The van der Waals surface area contributed by atoms with Gasteiger partial charge in [-0.2, -0.15) is 0 Å². The summed E-state index contributed by atoms with van der Waals surface area (Å²) in [5, 5.41) is 4.29. The molecule has 0 aliphatic carbocycles. The first-order valence-electron chi connectivity index (χ1n) is 7.46. The molecule has 0 fully saturated rings. The van der Waals surface area contributed by atoms with Crippen molar-refractivity contribution in [2.75, 3.05) is 0 Å². The molecule has 2 rings (SSSR count). The van der Waals surface area contributed by atoms with Crippen molar-refractivity contribution in [2.24, 2.45) is 11.7 Å². The largest absolute Gasteiger partial charge is 0.319 e. The van der Waals surface area contributed by atoms with Crippen LogP contribution in [0.5, 0.6) is 0 Å². The highest BCUT2D eigenvalue weighted by atomic mass is 32.1. The maximum Gasteiger partial charge on any atom is 0.0860 e. The molecule has 0 amide bonds. The number of rotatable bonds is 4. The summed E-state index contributed by atoms with van der Waals surface area (Å²) in [6.07, 6.45) is 1.08. The normalized spacial score (nSPS) is 13.7. The van der Waals surface area contributed by atoms with E-state index in [9.17, 15) is 0 Å². The van der Waals surface area contributed by atoms with Crippen molar-refractivity contribution in [2.45, 2.75) is 52.5 Å². The van der Waals surface area contributed by atoms with Crippen molar-refractivity contribution in [3.63, 3.8) is 0 Å². The monoisotopic (exact) mass is 303 g/mol. The molecule has 1 atom stereocenters. The molecule has 0 bridgehead atoms. The molecule has 1 heterocycles. The Labute approximate surface area is 131 Å². The third-order valence-electron chi connectivity index (χ3n) is 3.46. The summed E-state index contributed by atoms with van der Waals surface area (Å²) in [6.45, 7) is 10.9. The Morgan fingerprint density at radius 3 is 2.57 bits per heavy atom. The predicted molar refractivity (Wildman–Crippen MR) is 89.6 cm³/mol. The Balaban J connectivity index is 2.32. The maximum absolute atomic E-state index is 6.49. The summed E-state index contributed by atoms with van der Waals surface area (Å²) >= 11 is 1.41. The fourth-order valence-corrected chi connectivity index (χ4v) is 3.35. The second-order valence-corrected chi connectivity index (χ2v) is 7.84. The van der Waals surface area contributed by atoms with Crippen molar-refractivity contribution in [1.82, 2.24) is 9.59 Å². The fourth-order valence-electron chi connectivity index (χ4n) is 2.46. The number of aromatic nitrogens is 2. The van der Waals surface area contributed by atoms with Gasteiger partial charge in [0.2, 0.25) is 0 Å². The highest BCUT2D eigenvalue weighted by Gasteiger charge is 2.26. The Hall–Kier alpha value is -1.26. The molecule has 1 unspecified atom stereocenters. The van der Waals surface area contributed by atoms with E-state index in [1.807, 2.05) is 0 Å². The number of hydrogen-bond acceptors (Lipinski definition) is 4. The molecule has 3 nitrogen and oxygen atoms in total. The van der Waals surface area contributed by atoms with Crippen LogP contribution in [-0.2, 0) is 11.8 Å². The third-order valence-corrected chi connectivity index (χ3v) is 4.27. The van der Waals surface area contributed by atoms with Gasteiger partial charge in [-0.3, -0.25) is 0 Å². The van der Waals surface area contributed by atoms with Crippen LogP contribution in [0.15, 0.2) is 24.3 Å². The number of hydrogen-bond donors (Lipinski definition) is 1. The summed E-state index contributed by atoms with van der Waals surface area (Å²) < 4.78 is 4.12. The van der Waals surface area contributed by atoms with Crippen molar-refractivity contribution >= 4 is 11.5 Å². The Morgan fingerprint density at radius 1 is 1.24 bits per heavy atom. The van der Waals surface area contributed by atoms with Gasteiger partial charge in [-0.25, -0.2) is 0 Å². The summed E-state index contributed by atoms with van der Waals surface area (Å²) in [5.74, 6) is 0.645. The molecule has 1 aromatic heterocycles. The van der Waals surface area contributed by atoms with E-state index in [-0.39, 0.29) is 11.5 Å². The highest BCUT2D eigenvalue weighted by molar-refractivity contribution is 7.05. The Kier molecular flexibility index (Phi) is 4.79. The van der Waals surface area contributed by atoms with Gasteiger partial charge < -0.3 is 5.73 Å². The van der Waals surface area contributed by atoms with E-state index in [4.69, 9.17) is 5.73 Å². The molecule has 0 saturated carbocycles. The Bertz CT molecular complexity index is 596. The molecule has 0 saturated heterocycles. The molecule has 0 aliphatic rings. The van der Waals surface area contributed by atoms with Gasteiger partial charge in [-0.15, -0.1) is 5.10 Å². The minimum atomic E-state index is -0.147. The van der Waals surface area contributed by atoms with Crippen LogP contribution in [0, 0.1) is 5.92 Å². The molecular weight excluding hydrogens is 278 g/mol. The van der Waals surface area contributed by atoms with E-state index in [0.717, 1.165) is 22.6 Å². The summed E-state index contributed by atoms with van der Waals surface area (Å²) in [7, 11) is 0. The first kappa shape index (κ1) is 16.1. The van der Waals surface area contributed by atoms with E-state index in [2.05, 4.69) is 68.5 Å². The molecular formula is C17H25N3S. The quantitative estimate of drug-likeness (QED) is 0.926. The van der Waals surface area contributed by atoms with Gasteiger partial charge >= 0.3 is 0 Å². The SMILES string of the molecule is CC(C)Cc1cccc(C(N)c2snnc2C(C)(C)C)c1. The van der Waals surface area contributed by atoms with E-state index in [0.29, 0.717) is 5.92 Å². The van der Waals surface area contributed by atoms with Crippen LogP contribution < -0.4 is 5.73 Å². The summed E-state index contributed by atoms with van der Waals surface area (Å²) in [6, 6.07) is 8.44. The average molecular weight is 303 g/mol. The standard InChI is InChI=1S/C17H25N3S/c1-11(2)9-12-7-6-8-13(10-12)14(18)15-16(17(3,4)5)19-20-21-15/h6-8,10-11,14H,9,18H2,1-5H3. The van der Waals surface area contributed by atoms with Crippen LogP contribution in [0.25, 0.3) is 0 Å². The van der Waals surface area contributed by atoms with E-state index >= 15 is 0 Å². The third kappa shape index (κ3) is 3.89. The minimum Gasteiger partial charge on any atom is -0.319 e. The van der Waals surface area contributed by atoms with Crippen molar-refractivity contribution in [3.05, 3.63) is 46.0 Å². The van der Waals surface area contributed by atoms with Gasteiger partial charge in [0.15, 0.2) is 0 Å². The van der Waals surface area contributed by atoms with Gasteiger partial charge in [0.1, 0.15) is 0 Å². The van der Waals surface area contributed by atoms with Gasteiger partial charge in [-0.05, 0) is 35.0 Å². The average Bonchev–Trinajstić information content (AvgIpc) is 2.86. The lowest BCUT2D eigenvalue weighted by atomic mass is 9.88. The van der Waals surface area contributed by atoms with Crippen LogP contribution in [0.3, 0.4) is 0 Å². The van der Waals surface area contributed by atoms with E-state index < -0.39 is 0 Å². The zero-order chi connectivity index (χ0) is 15.6. The van der Waals surface area contributed by atoms with Crippen molar-refractivity contribution in [1.29, 1.82) is 0 Å². The molecule has 0 spiro atoms. The molecule has 114 valence electrons. The number of nitrogens with zero attached hydrogens (tertiary/aromatic N) is 2. The fraction of sp³-hybridized carbons (Fsp3) is 0.529. The topological polar surface area (TPSA) is 51.8 Å². The smallest absolute Gasteiger partial charge is 0.0860 e. The second-order valence-electron chi connectivity index (χ2n) is 7.06. The van der Waals surface area contributed by atoms with Crippen LogP contribution in [0.4, 0.5) is 0 Å². The molecule has 21 heavy (non-hydrogen) atoms. The molecule has 2 aromatic rings. The minimum absolute atomic E-state index is 0.0322. The predicted octanol–water partition coefficient (Wildman–Crippen LogP) is 4.08. The van der Waals surface area contributed by atoms with Gasteiger partial charge in [0, 0.05) is 5.41 Å². The van der Waals surface area contributed by atoms with Crippen LogP contribution in [0.1, 0.15) is 62.4 Å². The molecule has 0 aliphatic heterocycles. The van der Waals surface area contributed by atoms with Gasteiger partial charge in [0.25, 0.3) is 0 Å². The maximum atomic E-state index is 6.49. The molecule has 0 radical (unpaired) electrons. The Morgan fingerprint density at radius 2 is 1.95 bits per heavy atom. The van der Waals surface area contributed by atoms with Crippen LogP contribution in [0.2, 0.25) is 0 Å². The lowest BCUT2D eigenvalue weighted by Gasteiger charge is -2.20. The van der Waals surface area contributed by atoms with E-state index in [1.54, 1.807) is 0 Å². The van der Waals surface area contributed by atoms with Gasteiger partial charge in [0.05, 0.1) is 16.6 Å². The number of benzene rings is 1. The molecule has 1 aromatic carbocycles. The lowest BCUT2D eigenvalue weighted by molar-refractivity contribution is 0.556. The first-order chi connectivity index (χ1) is 9.79. The van der Waals surface area contributed by atoms with E-state index in [1.165, 1.54) is 17.1 Å². The summed E-state index contributed by atoms with van der Waals surface area (Å²) in [4.78, 5) is 1.07.